The number of hydrogen-bond acceptors (Lipinski definition) is 2. The number of allylic oxidation sites excluding steroid dienone is 8. The standard InChI is InChI=1S/C18H17NO/c1-18(2)14-8-4-5-9-15(14)19-17(18)12-11-13-7-3-6-10-16(13)20/h3-12,19H,1-2H3/b13-11-,17-12+. The Kier molecular flexibility index (Phi) is 2.94. The van der Waals surface area contributed by atoms with Crippen LogP contribution in [0.2, 0.25) is 0 Å². The zero-order valence-electron chi connectivity index (χ0n) is 11.7. The van der Waals surface area contributed by atoms with Gasteiger partial charge in [-0.05, 0) is 29.9 Å². The Hall–Kier alpha value is -2.35. The molecule has 0 fully saturated rings. The zero-order chi connectivity index (χ0) is 14.2. The average molecular weight is 263 g/mol. The quantitative estimate of drug-likeness (QED) is 0.779. The van der Waals surface area contributed by atoms with Crippen molar-refractivity contribution in [3.05, 3.63) is 77.6 Å². The second-order valence-corrected chi connectivity index (χ2v) is 5.58. The van der Waals surface area contributed by atoms with Gasteiger partial charge in [-0.3, -0.25) is 4.79 Å². The van der Waals surface area contributed by atoms with Crippen LogP contribution in [0.3, 0.4) is 0 Å². The van der Waals surface area contributed by atoms with Crippen molar-refractivity contribution in [3.8, 4) is 0 Å². The lowest BCUT2D eigenvalue weighted by Crippen LogP contribution is -2.17. The van der Waals surface area contributed by atoms with Gasteiger partial charge in [0.05, 0.1) is 0 Å². The van der Waals surface area contributed by atoms with Gasteiger partial charge >= 0.3 is 0 Å². The normalized spacial score (nSPS) is 23.2. The van der Waals surface area contributed by atoms with Crippen LogP contribution < -0.4 is 5.32 Å². The monoisotopic (exact) mass is 263 g/mol. The largest absolute Gasteiger partial charge is 0.358 e. The van der Waals surface area contributed by atoms with Crippen LogP contribution in [-0.2, 0) is 10.2 Å². The molecule has 2 aliphatic rings. The molecule has 0 saturated carbocycles. The van der Waals surface area contributed by atoms with Gasteiger partial charge in [-0.15, -0.1) is 0 Å². The third-order valence-corrected chi connectivity index (χ3v) is 3.89. The van der Waals surface area contributed by atoms with Crippen LogP contribution in [0.5, 0.6) is 0 Å². The summed E-state index contributed by atoms with van der Waals surface area (Å²) < 4.78 is 0. The molecule has 0 spiro atoms. The molecule has 3 rings (SSSR count). The molecule has 1 aromatic carbocycles. The molecule has 0 atom stereocenters. The number of ketones is 1. The van der Waals surface area contributed by atoms with Crippen molar-refractivity contribution in [2.75, 3.05) is 5.32 Å². The summed E-state index contributed by atoms with van der Waals surface area (Å²) in [5.74, 6) is 0.0534. The Morgan fingerprint density at radius 3 is 2.55 bits per heavy atom. The van der Waals surface area contributed by atoms with Gasteiger partial charge in [0.25, 0.3) is 0 Å². The number of carbonyl (C=O) groups is 1. The summed E-state index contributed by atoms with van der Waals surface area (Å²) in [6, 6.07) is 8.31. The van der Waals surface area contributed by atoms with Crippen molar-refractivity contribution in [3.63, 3.8) is 0 Å². The van der Waals surface area contributed by atoms with Crippen LogP contribution in [-0.4, -0.2) is 5.78 Å². The van der Waals surface area contributed by atoms with Gasteiger partial charge < -0.3 is 5.32 Å². The van der Waals surface area contributed by atoms with E-state index < -0.39 is 0 Å². The Balaban J connectivity index is 1.95. The molecule has 2 heteroatoms. The summed E-state index contributed by atoms with van der Waals surface area (Å²) in [5.41, 5.74) is 4.20. The van der Waals surface area contributed by atoms with E-state index in [0.717, 1.165) is 11.4 Å². The van der Waals surface area contributed by atoms with Crippen molar-refractivity contribution < 1.29 is 4.79 Å². The summed E-state index contributed by atoms with van der Waals surface area (Å²) in [4.78, 5) is 11.7. The maximum absolute atomic E-state index is 11.7. The van der Waals surface area contributed by atoms with Crippen molar-refractivity contribution in [2.45, 2.75) is 19.3 Å². The number of fused-ring (bicyclic) bond motifs is 1. The second-order valence-electron chi connectivity index (χ2n) is 5.58. The molecule has 2 nitrogen and oxygen atoms in total. The SMILES string of the molecule is CC1(C)/C(=C\C=C2\C=CC=CC2=O)Nc2ccccc21. The lowest BCUT2D eigenvalue weighted by Gasteiger charge is -2.20. The maximum Gasteiger partial charge on any atom is 0.185 e. The van der Waals surface area contributed by atoms with Crippen LogP contribution in [0.4, 0.5) is 5.69 Å². The highest BCUT2D eigenvalue weighted by Gasteiger charge is 2.33. The minimum Gasteiger partial charge on any atom is -0.358 e. The van der Waals surface area contributed by atoms with Crippen molar-refractivity contribution in [2.24, 2.45) is 0 Å². The lowest BCUT2D eigenvalue weighted by molar-refractivity contribution is -0.111. The van der Waals surface area contributed by atoms with E-state index in [1.54, 1.807) is 12.2 Å². The van der Waals surface area contributed by atoms with Crippen molar-refractivity contribution >= 4 is 11.5 Å². The summed E-state index contributed by atoms with van der Waals surface area (Å²) in [6.07, 6.45) is 11.0. The van der Waals surface area contributed by atoms with Crippen molar-refractivity contribution in [1.29, 1.82) is 0 Å². The van der Waals surface area contributed by atoms with Crippen molar-refractivity contribution in [1.82, 2.24) is 0 Å². The molecule has 20 heavy (non-hydrogen) atoms. The molecule has 0 unspecified atom stereocenters. The first-order valence-corrected chi connectivity index (χ1v) is 6.77. The van der Waals surface area contributed by atoms with Gasteiger partial charge in [0.1, 0.15) is 0 Å². The number of hydrogen-bond donors (Lipinski definition) is 1. The summed E-state index contributed by atoms with van der Waals surface area (Å²) in [5, 5.41) is 3.44. The Morgan fingerprint density at radius 2 is 1.80 bits per heavy atom. The Morgan fingerprint density at radius 1 is 1.05 bits per heavy atom. The fourth-order valence-corrected chi connectivity index (χ4v) is 2.62. The lowest BCUT2D eigenvalue weighted by atomic mass is 9.84. The first-order chi connectivity index (χ1) is 9.59. The van der Waals surface area contributed by atoms with E-state index in [-0.39, 0.29) is 11.2 Å². The van der Waals surface area contributed by atoms with E-state index in [1.807, 2.05) is 30.4 Å². The minimum atomic E-state index is -0.0646. The highest BCUT2D eigenvalue weighted by atomic mass is 16.1. The van der Waals surface area contributed by atoms with Gasteiger partial charge in [0, 0.05) is 22.4 Å². The molecular formula is C18H17NO. The molecule has 0 radical (unpaired) electrons. The highest BCUT2D eigenvalue weighted by Crippen LogP contribution is 2.42. The van der Waals surface area contributed by atoms with Crippen LogP contribution in [0.25, 0.3) is 0 Å². The molecule has 0 aromatic heterocycles. The minimum absolute atomic E-state index is 0.0534. The first-order valence-electron chi connectivity index (χ1n) is 6.77. The van der Waals surface area contributed by atoms with Crippen LogP contribution >= 0.6 is 0 Å². The third kappa shape index (κ3) is 2.03. The van der Waals surface area contributed by atoms with Crippen LogP contribution in [0.1, 0.15) is 19.4 Å². The molecule has 1 aliphatic heterocycles. The molecule has 1 aliphatic carbocycles. The third-order valence-electron chi connectivity index (χ3n) is 3.89. The Bertz CT molecular complexity index is 687. The van der Waals surface area contributed by atoms with E-state index >= 15 is 0 Å². The molecule has 0 bridgehead atoms. The summed E-state index contributed by atoms with van der Waals surface area (Å²) >= 11 is 0. The predicted octanol–water partition coefficient (Wildman–Crippen LogP) is 3.90. The first kappa shape index (κ1) is 12.7. The smallest absolute Gasteiger partial charge is 0.185 e. The van der Waals surface area contributed by atoms with Crippen LogP contribution in [0.15, 0.2) is 72.0 Å². The number of carbonyl (C=O) groups excluding carboxylic acids is 1. The number of nitrogens with one attached hydrogen (secondary N) is 1. The van der Waals surface area contributed by atoms with E-state index in [4.69, 9.17) is 0 Å². The van der Waals surface area contributed by atoms with E-state index in [0.29, 0.717) is 5.57 Å². The van der Waals surface area contributed by atoms with E-state index in [2.05, 4.69) is 37.4 Å². The van der Waals surface area contributed by atoms with Gasteiger partial charge in [0.2, 0.25) is 0 Å². The topological polar surface area (TPSA) is 29.1 Å². The second kappa shape index (κ2) is 4.64. The molecule has 1 aromatic rings. The van der Waals surface area contributed by atoms with Gasteiger partial charge in [0.15, 0.2) is 5.78 Å². The summed E-state index contributed by atoms with van der Waals surface area (Å²) in [7, 11) is 0. The number of benzene rings is 1. The predicted molar refractivity (Wildman–Crippen MR) is 82.5 cm³/mol. The molecule has 0 saturated heterocycles. The maximum atomic E-state index is 11.7. The van der Waals surface area contributed by atoms with E-state index in [1.165, 1.54) is 5.56 Å². The number of anilines is 1. The molecule has 100 valence electrons. The summed E-state index contributed by atoms with van der Waals surface area (Å²) in [6.45, 7) is 4.38. The Labute approximate surface area is 119 Å². The van der Waals surface area contributed by atoms with Gasteiger partial charge in [-0.2, -0.15) is 0 Å². The van der Waals surface area contributed by atoms with Gasteiger partial charge in [-0.1, -0.05) is 50.3 Å². The van der Waals surface area contributed by atoms with E-state index in [9.17, 15) is 4.79 Å². The molecule has 0 amide bonds. The fourth-order valence-electron chi connectivity index (χ4n) is 2.62. The molecular weight excluding hydrogens is 246 g/mol. The fraction of sp³-hybridized carbons (Fsp3) is 0.167. The highest BCUT2D eigenvalue weighted by molar-refractivity contribution is 6.07. The number of rotatable bonds is 1. The number of para-hydroxylation sites is 1. The average Bonchev–Trinajstić information content (AvgIpc) is 2.70. The van der Waals surface area contributed by atoms with Crippen LogP contribution in [0, 0.1) is 0 Å². The molecule has 1 N–H and O–H groups in total. The zero-order valence-corrected chi connectivity index (χ0v) is 11.7. The van der Waals surface area contributed by atoms with Gasteiger partial charge in [-0.25, -0.2) is 0 Å². The molecule has 1 heterocycles.